The van der Waals surface area contributed by atoms with Gasteiger partial charge in [-0.25, -0.2) is 13.1 Å². The van der Waals surface area contributed by atoms with Crippen LogP contribution in [0.15, 0.2) is 47.4 Å². The number of rotatable bonds is 7. The number of hydrogen-bond donors (Lipinski definition) is 1. The molecule has 2 rings (SSSR count). The Hall–Kier alpha value is -2.25. The van der Waals surface area contributed by atoms with Gasteiger partial charge in [-0.15, -0.1) is 0 Å². The van der Waals surface area contributed by atoms with Crippen molar-refractivity contribution in [1.29, 1.82) is 0 Å². The lowest BCUT2D eigenvalue weighted by molar-refractivity contribution is 0.322. The van der Waals surface area contributed by atoms with E-state index in [1.807, 2.05) is 30.3 Å². The Labute approximate surface area is 136 Å². The Morgan fingerprint density at radius 3 is 1.96 bits per heavy atom. The molecule has 0 aliphatic heterocycles. The Bertz CT molecular complexity index is 734. The van der Waals surface area contributed by atoms with Crippen molar-refractivity contribution in [3.8, 4) is 17.2 Å². The standard InChI is InChI=1S/C16H19NO5S/c1-20-14-9-13(10-15(21-2)16(14)22-3)23(18,19)17-11-12-7-5-4-6-8-12/h4-10,17H,11H2,1-3H3. The fraction of sp³-hybridized carbons (Fsp3) is 0.250. The van der Waals surface area contributed by atoms with Crippen molar-refractivity contribution < 1.29 is 22.6 Å². The lowest BCUT2D eigenvalue weighted by atomic mass is 10.2. The number of sulfonamides is 1. The summed E-state index contributed by atoms with van der Waals surface area (Å²) in [6.45, 7) is 0.194. The third-order valence-electron chi connectivity index (χ3n) is 3.26. The van der Waals surface area contributed by atoms with Crippen LogP contribution < -0.4 is 18.9 Å². The molecule has 0 heterocycles. The van der Waals surface area contributed by atoms with Crippen molar-refractivity contribution in [1.82, 2.24) is 4.72 Å². The maximum Gasteiger partial charge on any atom is 0.241 e. The highest BCUT2D eigenvalue weighted by Crippen LogP contribution is 2.39. The van der Waals surface area contributed by atoms with E-state index in [2.05, 4.69) is 4.72 Å². The molecule has 124 valence electrons. The van der Waals surface area contributed by atoms with E-state index in [0.717, 1.165) is 5.56 Å². The molecule has 2 aromatic rings. The second kappa shape index (κ2) is 7.34. The minimum absolute atomic E-state index is 0.0444. The quantitative estimate of drug-likeness (QED) is 0.838. The SMILES string of the molecule is COc1cc(S(=O)(=O)NCc2ccccc2)cc(OC)c1OC. The fourth-order valence-corrected chi connectivity index (χ4v) is 3.12. The third kappa shape index (κ3) is 3.94. The zero-order valence-electron chi connectivity index (χ0n) is 13.2. The molecule has 0 amide bonds. The summed E-state index contributed by atoms with van der Waals surface area (Å²) in [6, 6.07) is 12.1. The molecule has 2 aromatic carbocycles. The molecule has 0 aliphatic carbocycles. The van der Waals surface area contributed by atoms with Gasteiger partial charge in [0.1, 0.15) is 0 Å². The van der Waals surface area contributed by atoms with Gasteiger partial charge in [-0.2, -0.15) is 0 Å². The van der Waals surface area contributed by atoms with Crippen LogP contribution in [0.25, 0.3) is 0 Å². The van der Waals surface area contributed by atoms with Gasteiger partial charge < -0.3 is 14.2 Å². The summed E-state index contributed by atoms with van der Waals surface area (Å²) in [5, 5.41) is 0. The third-order valence-corrected chi connectivity index (χ3v) is 4.64. The monoisotopic (exact) mass is 337 g/mol. The molecule has 0 bridgehead atoms. The Morgan fingerprint density at radius 1 is 0.913 bits per heavy atom. The minimum atomic E-state index is -3.71. The Balaban J connectivity index is 2.32. The maximum absolute atomic E-state index is 12.5. The van der Waals surface area contributed by atoms with Gasteiger partial charge in [-0.05, 0) is 5.56 Å². The maximum atomic E-state index is 12.5. The van der Waals surface area contributed by atoms with Crippen LogP contribution in [-0.2, 0) is 16.6 Å². The van der Waals surface area contributed by atoms with Gasteiger partial charge in [0.2, 0.25) is 15.8 Å². The van der Waals surface area contributed by atoms with Crippen molar-refractivity contribution in [2.45, 2.75) is 11.4 Å². The fourth-order valence-electron chi connectivity index (χ4n) is 2.07. The summed E-state index contributed by atoms with van der Waals surface area (Å²) in [4.78, 5) is 0.0444. The summed E-state index contributed by atoms with van der Waals surface area (Å²) < 4.78 is 43.1. The van der Waals surface area contributed by atoms with Crippen molar-refractivity contribution in [3.05, 3.63) is 48.0 Å². The van der Waals surface area contributed by atoms with Gasteiger partial charge in [-0.1, -0.05) is 30.3 Å². The van der Waals surface area contributed by atoms with Crippen LogP contribution in [-0.4, -0.2) is 29.7 Å². The Kier molecular flexibility index (Phi) is 5.46. The molecule has 1 N–H and O–H groups in total. The van der Waals surface area contributed by atoms with Gasteiger partial charge in [0.25, 0.3) is 0 Å². The first kappa shape index (κ1) is 17.1. The molecule has 0 saturated carbocycles. The first-order chi connectivity index (χ1) is 11.0. The normalized spacial score (nSPS) is 11.1. The molecule has 0 aliphatic rings. The van der Waals surface area contributed by atoms with Gasteiger partial charge in [-0.3, -0.25) is 0 Å². The molecule has 6 nitrogen and oxygen atoms in total. The van der Waals surface area contributed by atoms with Crippen LogP contribution in [0.2, 0.25) is 0 Å². The molecule has 0 spiro atoms. The summed E-state index contributed by atoms with van der Waals surface area (Å²) >= 11 is 0. The van der Waals surface area contributed by atoms with Crippen molar-refractivity contribution in [2.24, 2.45) is 0 Å². The van der Waals surface area contributed by atoms with E-state index in [-0.39, 0.29) is 22.9 Å². The van der Waals surface area contributed by atoms with Crippen molar-refractivity contribution >= 4 is 10.0 Å². The van der Waals surface area contributed by atoms with Crippen LogP contribution in [0.4, 0.5) is 0 Å². The van der Waals surface area contributed by atoms with Crippen molar-refractivity contribution in [2.75, 3.05) is 21.3 Å². The minimum Gasteiger partial charge on any atom is -0.493 e. The van der Waals surface area contributed by atoms with Gasteiger partial charge in [0.05, 0.1) is 26.2 Å². The highest BCUT2D eigenvalue weighted by Gasteiger charge is 2.21. The average molecular weight is 337 g/mol. The molecule has 7 heteroatoms. The van der Waals surface area contributed by atoms with Gasteiger partial charge >= 0.3 is 0 Å². The number of hydrogen-bond acceptors (Lipinski definition) is 5. The molecule has 0 aromatic heterocycles. The second-order valence-electron chi connectivity index (χ2n) is 4.67. The predicted molar refractivity (Wildman–Crippen MR) is 86.6 cm³/mol. The summed E-state index contributed by atoms with van der Waals surface area (Å²) in [6.07, 6.45) is 0. The number of ether oxygens (including phenoxy) is 3. The first-order valence-electron chi connectivity index (χ1n) is 6.85. The van der Waals surface area contributed by atoms with E-state index in [1.165, 1.54) is 33.5 Å². The van der Waals surface area contributed by atoms with Crippen LogP contribution in [0.1, 0.15) is 5.56 Å². The zero-order chi connectivity index (χ0) is 16.9. The second-order valence-corrected chi connectivity index (χ2v) is 6.44. The first-order valence-corrected chi connectivity index (χ1v) is 8.33. The van der Waals surface area contributed by atoms with Crippen LogP contribution in [0, 0.1) is 0 Å². The average Bonchev–Trinajstić information content (AvgIpc) is 2.59. The molecule has 0 saturated heterocycles. The predicted octanol–water partition coefficient (Wildman–Crippen LogP) is 2.19. The molecule has 23 heavy (non-hydrogen) atoms. The van der Waals surface area contributed by atoms with Crippen LogP contribution in [0.3, 0.4) is 0 Å². The summed E-state index contributed by atoms with van der Waals surface area (Å²) in [7, 11) is 0.618. The largest absolute Gasteiger partial charge is 0.493 e. The van der Waals surface area contributed by atoms with Crippen LogP contribution in [0.5, 0.6) is 17.2 Å². The van der Waals surface area contributed by atoms with Gasteiger partial charge in [0, 0.05) is 18.7 Å². The number of nitrogens with one attached hydrogen (secondary N) is 1. The van der Waals surface area contributed by atoms with E-state index in [1.54, 1.807) is 0 Å². The lowest BCUT2D eigenvalue weighted by Gasteiger charge is -2.14. The van der Waals surface area contributed by atoms with E-state index in [9.17, 15) is 8.42 Å². The molecule has 0 atom stereocenters. The van der Waals surface area contributed by atoms with Gasteiger partial charge in [0.15, 0.2) is 11.5 Å². The molecular weight excluding hydrogens is 318 g/mol. The molecule has 0 fully saturated rings. The highest BCUT2D eigenvalue weighted by atomic mass is 32.2. The van der Waals surface area contributed by atoms with E-state index >= 15 is 0 Å². The Morgan fingerprint density at radius 2 is 1.48 bits per heavy atom. The summed E-state index contributed by atoms with van der Waals surface area (Å²) in [5.41, 5.74) is 0.864. The number of benzene rings is 2. The van der Waals surface area contributed by atoms with Crippen LogP contribution >= 0.6 is 0 Å². The lowest BCUT2D eigenvalue weighted by Crippen LogP contribution is -2.23. The summed E-state index contributed by atoms with van der Waals surface area (Å²) in [5.74, 6) is 0.913. The van der Waals surface area contributed by atoms with E-state index < -0.39 is 10.0 Å². The smallest absolute Gasteiger partial charge is 0.241 e. The topological polar surface area (TPSA) is 73.9 Å². The highest BCUT2D eigenvalue weighted by molar-refractivity contribution is 7.89. The van der Waals surface area contributed by atoms with Crippen molar-refractivity contribution in [3.63, 3.8) is 0 Å². The molecule has 0 unspecified atom stereocenters. The molecular formula is C16H19NO5S. The zero-order valence-corrected chi connectivity index (χ0v) is 14.0. The van der Waals surface area contributed by atoms with E-state index in [0.29, 0.717) is 5.75 Å². The molecule has 0 radical (unpaired) electrons. The number of methoxy groups -OCH3 is 3. The van der Waals surface area contributed by atoms with E-state index in [4.69, 9.17) is 14.2 Å².